The van der Waals surface area contributed by atoms with Crippen LogP contribution < -0.4 is 10.0 Å². The Balaban J connectivity index is 2.59. The third kappa shape index (κ3) is 5.60. The first-order valence-electron chi connectivity index (χ1n) is 7.19. The van der Waals surface area contributed by atoms with Crippen molar-refractivity contribution in [3.05, 3.63) is 12.4 Å². The van der Waals surface area contributed by atoms with E-state index in [-0.39, 0.29) is 10.9 Å². The van der Waals surface area contributed by atoms with Crippen LogP contribution >= 0.6 is 0 Å². The molecule has 1 heterocycles. The van der Waals surface area contributed by atoms with E-state index in [2.05, 4.69) is 22.1 Å². The molecule has 0 aliphatic rings. The van der Waals surface area contributed by atoms with Crippen LogP contribution in [0.25, 0.3) is 0 Å². The van der Waals surface area contributed by atoms with E-state index in [4.69, 9.17) is 0 Å². The van der Waals surface area contributed by atoms with E-state index in [1.54, 1.807) is 10.9 Å². The van der Waals surface area contributed by atoms with Crippen LogP contribution in [-0.2, 0) is 16.6 Å². The molecule has 1 unspecified atom stereocenters. The molecule has 7 heteroatoms. The van der Waals surface area contributed by atoms with Gasteiger partial charge in [0, 0.05) is 18.8 Å². The van der Waals surface area contributed by atoms with E-state index in [1.165, 1.54) is 6.20 Å². The van der Waals surface area contributed by atoms with Crippen LogP contribution in [0.3, 0.4) is 0 Å². The zero-order valence-corrected chi connectivity index (χ0v) is 13.4. The number of nitrogens with zero attached hydrogens (tertiary/aromatic N) is 2. The summed E-state index contributed by atoms with van der Waals surface area (Å²) >= 11 is 0. The summed E-state index contributed by atoms with van der Waals surface area (Å²) in [7, 11) is -1.56. The number of aryl methyl sites for hydroxylation is 1. The van der Waals surface area contributed by atoms with Gasteiger partial charge < -0.3 is 5.32 Å². The summed E-state index contributed by atoms with van der Waals surface area (Å²) in [5.74, 6) is 0. The second kappa shape index (κ2) is 8.39. The maximum atomic E-state index is 12.2. The Bertz CT molecular complexity index is 484. The highest BCUT2D eigenvalue weighted by Gasteiger charge is 2.18. The van der Waals surface area contributed by atoms with Crippen LogP contribution in [0.4, 0.5) is 0 Å². The molecule has 0 saturated heterocycles. The van der Waals surface area contributed by atoms with Gasteiger partial charge in [-0.15, -0.1) is 0 Å². The molecule has 6 nitrogen and oxygen atoms in total. The van der Waals surface area contributed by atoms with Crippen LogP contribution in [0.1, 0.15) is 39.5 Å². The predicted octanol–water partition coefficient (Wildman–Crippen LogP) is 1.35. The molecule has 2 N–H and O–H groups in total. The van der Waals surface area contributed by atoms with Crippen molar-refractivity contribution in [1.29, 1.82) is 0 Å². The highest BCUT2D eigenvalue weighted by atomic mass is 32.2. The number of unbranched alkanes of at least 4 members (excludes halogenated alkanes) is 1. The molecule has 0 aliphatic heterocycles. The summed E-state index contributed by atoms with van der Waals surface area (Å²) < 4.78 is 28.7. The van der Waals surface area contributed by atoms with E-state index in [1.807, 2.05) is 14.0 Å². The van der Waals surface area contributed by atoms with E-state index in [0.29, 0.717) is 6.54 Å². The Morgan fingerprint density at radius 3 is 2.80 bits per heavy atom. The van der Waals surface area contributed by atoms with Crippen LogP contribution in [-0.4, -0.2) is 37.8 Å². The average molecular weight is 302 g/mol. The van der Waals surface area contributed by atoms with Crippen LogP contribution in [0.5, 0.6) is 0 Å². The fourth-order valence-electron chi connectivity index (χ4n) is 1.93. The highest BCUT2D eigenvalue weighted by molar-refractivity contribution is 7.89. The smallest absolute Gasteiger partial charge is 0.243 e. The number of rotatable bonds is 10. The molecule has 20 heavy (non-hydrogen) atoms. The lowest BCUT2D eigenvalue weighted by molar-refractivity contribution is 0.533. The Kier molecular flexibility index (Phi) is 7.18. The lowest BCUT2D eigenvalue weighted by atomic mass is 10.2. The average Bonchev–Trinajstić information content (AvgIpc) is 2.86. The molecule has 0 aliphatic carbocycles. The van der Waals surface area contributed by atoms with Crippen LogP contribution in [0.2, 0.25) is 0 Å². The third-order valence-electron chi connectivity index (χ3n) is 3.08. The Labute approximate surface area is 122 Å². The van der Waals surface area contributed by atoms with Crippen molar-refractivity contribution in [2.24, 2.45) is 0 Å². The van der Waals surface area contributed by atoms with Gasteiger partial charge in [-0.2, -0.15) is 5.10 Å². The van der Waals surface area contributed by atoms with Gasteiger partial charge in [0.25, 0.3) is 0 Å². The van der Waals surface area contributed by atoms with Gasteiger partial charge in [0.1, 0.15) is 4.90 Å². The zero-order valence-electron chi connectivity index (χ0n) is 12.6. The van der Waals surface area contributed by atoms with Crippen molar-refractivity contribution in [2.45, 2.75) is 57.0 Å². The van der Waals surface area contributed by atoms with E-state index < -0.39 is 10.0 Å². The second-order valence-electron chi connectivity index (χ2n) is 5.06. The van der Waals surface area contributed by atoms with Crippen molar-refractivity contribution >= 4 is 10.0 Å². The predicted molar refractivity (Wildman–Crippen MR) is 80.1 cm³/mol. The van der Waals surface area contributed by atoms with Gasteiger partial charge in [-0.3, -0.25) is 4.68 Å². The van der Waals surface area contributed by atoms with Crippen LogP contribution in [0.15, 0.2) is 17.3 Å². The maximum Gasteiger partial charge on any atom is 0.243 e. The van der Waals surface area contributed by atoms with E-state index >= 15 is 0 Å². The standard InChI is InChI=1S/C13H26N4O2S/c1-4-5-7-12(2)16-20(18,19)13-10-15-17(11-13)9-6-8-14-3/h10-12,14,16H,4-9H2,1-3H3. The summed E-state index contributed by atoms with van der Waals surface area (Å²) in [5.41, 5.74) is 0. The summed E-state index contributed by atoms with van der Waals surface area (Å²) in [6, 6.07) is -0.0485. The topological polar surface area (TPSA) is 76.0 Å². The molecular formula is C13H26N4O2S. The van der Waals surface area contributed by atoms with Gasteiger partial charge in [0.15, 0.2) is 0 Å². The van der Waals surface area contributed by atoms with E-state index in [9.17, 15) is 8.42 Å². The van der Waals surface area contributed by atoms with Gasteiger partial charge >= 0.3 is 0 Å². The van der Waals surface area contributed by atoms with Gasteiger partial charge in [-0.1, -0.05) is 19.8 Å². The molecule has 0 spiro atoms. The van der Waals surface area contributed by atoms with Crippen molar-refractivity contribution in [2.75, 3.05) is 13.6 Å². The Morgan fingerprint density at radius 2 is 2.15 bits per heavy atom. The van der Waals surface area contributed by atoms with E-state index in [0.717, 1.165) is 32.2 Å². The van der Waals surface area contributed by atoms with Crippen LogP contribution in [0, 0.1) is 0 Å². The molecule has 0 saturated carbocycles. The van der Waals surface area contributed by atoms with Gasteiger partial charge in [-0.25, -0.2) is 13.1 Å². The molecule has 1 rings (SSSR count). The fraction of sp³-hybridized carbons (Fsp3) is 0.769. The number of nitrogens with one attached hydrogen (secondary N) is 2. The largest absolute Gasteiger partial charge is 0.320 e. The number of sulfonamides is 1. The molecule has 116 valence electrons. The van der Waals surface area contributed by atoms with Crippen molar-refractivity contribution in [1.82, 2.24) is 19.8 Å². The molecule has 0 bridgehead atoms. The monoisotopic (exact) mass is 302 g/mol. The zero-order chi connectivity index (χ0) is 15.0. The lowest BCUT2D eigenvalue weighted by Gasteiger charge is -2.12. The Morgan fingerprint density at radius 1 is 1.40 bits per heavy atom. The molecule has 0 amide bonds. The summed E-state index contributed by atoms with van der Waals surface area (Å²) in [6.07, 6.45) is 6.85. The minimum Gasteiger partial charge on any atom is -0.320 e. The molecule has 0 radical (unpaired) electrons. The first kappa shape index (κ1) is 17.1. The normalized spacial score (nSPS) is 13.6. The number of aromatic nitrogens is 2. The fourth-order valence-corrected chi connectivity index (χ4v) is 3.16. The second-order valence-corrected chi connectivity index (χ2v) is 6.77. The Hall–Kier alpha value is -0.920. The van der Waals surface area contributed by atoms with Crippen molar-refractivity contribution in [3.63, 3.8) is 0 Å². The lowest BCUT2D eigenvalue weighted by Crippen LogP contribution is -2.32. The van der Waals surface area contributed by atoms with Gasteiger partial charge in [-0.05, 0) is 33.4 Å². The molecule has 1 atom stereocenters. The quantitative estimate of drug-likeness (QED) is 0.640. The van der Waals surface area contributed by atoms with Gasteiger partial charge in [0.05, 0.1) is 6.20 Å². The van der Waals surface area contributed by atoms with Gasteiger partial charge in [0.2, 0.25) is 10.0 Å². The maximum absolute atomic E-state index is 12.2. The minimum absolute atomic E-state index is 0.0485. The molecule has 1 aromatic heterocycles. The molecule has 0 fully saturated rings. The van der Waals surface area contributed by atoms with Crippen molar-refractivity contribution in [3.8, 4) is 0 Å². The summed E-state index contributed by atoms with van der Waals surface area (Å²) in [6.45, 7) is 5.58. The SMILES string of the molecule is CCCCC(C)NS(=O)(=O)c1cnn(CCCNC)c1. The number of hydrogen-bond donors (Lipinski definition) is 2. The molecule has 0 aromatic carbocycles. The molecule has 1 aromatic rings. The molecular weight excluding hydrogens is 276 g/mol. The highest BCUT2D eigenvalue weighted by Crippen LogP contribution is 2.10. The first-order chi connectivity index (χ1) is 9.49. The number of hydrogen-bond acceptors (Lipinski definition) is 4. The first-order valence-corrected chi connectivity index (χ1v) is 8.67. The summed E-state index contributed by atoms with van der Waals surface area (Å²) in [5, 5.41) is 7.14. The summed E-state index contributed by atoms with van der Waals surface area (Å²) in [4.78, 5) is 0.241. The third-order valence-corrected chi connectivity index (χ3v) is 4.62. The van der Waals surface area contributed by atoms with Crippen molar-refractivity contribution < 1.29 is 8.42 Å². The minimum atomic E-state index is -3.45.